The smallest absolute Gasteiger partial charge is 0.220 e. The predicted octanol–water partition coefficient (Wildman–Crippen LogP) is 8.42. The van der Waals surface area contributed by atoms with Gasteiger partial charge in [0, 0.05) is 45.3 Å². The van der Waals surface area contributed by atoms with Gasteiger partial charge in [0.05, 0.1) is 11.7 Å². The molecule has 0 aliphatic heterocycles. The zero-order valence-corrected chi connectivity index (χ0v) is 39.1. The molecule has 0 spiro atoms. The lowest BCUT2D eigenvalue weighted by Crippen LogP contribution is -2.66. The molecule has 6 aromatic carbocycles. The number of hydrogen-bond donors (Lipinski definition) is 4. The van der Waals surface area contributed by atoms with Crippen molar-refractivity contribution in [2.24, 2.45) is 0 Å². The Morgan fingerprint density at radius 1 is 0.348 bits per heavy atom. The van der Waals surface area contributed by atoms with Crippen LogP contribution in [0.25, 0.3) is 0 Å². The van der Waals surface area contributed by atoms with Crippen LogP contribution in [0.1, 0.15) is 74.5 Å². The lowest BCUT2D eigenvalue weighted by atomic mass is 9.97. The van der Waals surface area contributed by atoms with Crippen LogP contribution in [0.2, 0.25) is 0 Å². The van der Waals surface area contributed by atoms with Gasteiger partial charge >= 0.3 is 0 Å². The molecule has 0 bridgehead atoms. The Kier molecular flexibility index (Phi) is 19.7. The first-order chi connectivity index (χ1) is 32.3. The van der Waals surface area contributed by atoms with Crippen molar-refractivity contribution in [2.75, 3.05) is 25.8 Å². The Morgan fingerprint density at radius 2 is 0.636 bits per heavy atom. The van der Waals surface area contributed by atoms with Crippen LogP contribution in [-0.2, 0) is 38.4 Å². The Bertz CT molecular complexity index is 2110. The summed E-state index contributed by atoms with van der Waals surface area (Å²) < 4.78 is 0. The Labute approximate surface area is 392 Å². The molecule has 4 N–H and O–H groups in total. The minimum absolute atomic E-state index is 0.0299. The van der Waals surface area contributed by atoms with E-state index in [2.05, 4.69) is 149 Å². The second kappa shape index (κ2) is 26.6. The number of nitrogens with one attached hydrogen (secondary N) is 4. The van der Waals surface area contributed by atoms with E-state index in [0.29, 0.717) is 44.9 Å². The fourth-order valence-electron chi connectivity index (χ4n) is 8.56. The zero-order valence-electron chi connectivity index (χ0n) is 38.2. The standard InChI is InChI=1S/C57H65N4O4P/c62-53(40-21-30-47-24-7-1-8-25-47)58-44-57(45-59-54(63)41-22-31-48-26-9-2-10-27-48,46-60-55(64)42-23-32-49-28-11-3-12-29-49)61-56(65)39-19-20-43-66(50-33-13-4-14-34-50,51-35-15-5-16-36-51)52-37-17-6-18-38-52/h1-18,24-29,33-38H,19-23,30-32,39-46H2,(H3-,58,59,60,61,62,63,64,65)/p+1. The fraction of sp³-hybridized carbons (Fsp3) is 0.298. The lowest BCUT2D eigenvalue weighted by molar-refractivity contribution is -0.126. The van der Waals surface area contributed by atoms with Gasteiger partial charge in [-0.15, -0.1) is 0 Å². The number of amides is 4. The topological polar surface area (TPSA) is 116 Å². The van der Waals surface area contributed by atoms with Crippen molar-refractivity contribution in [3.05, 3.63) is 199 Å². The average Bonchev–Trinajstić information content (AvgIpc) is 3.36. The number of unbranched alkanes of at least 4 members (excludes halogenated alkanes) is 1. The molecule has 0 aromatic heterocycles. The molecular formula is C57H66N4O4P+. The Balaban J connectivity index is 1.17. The van der Waals surface area contributed by atoms with Crippen molar-refractivity contribution in [3.63, 3.8) is 0 Å². The highest BCUT2D eigenvalue weighted by Crippen LogP contribution is 2.56. The third-order valence-corrected chi connectivity index (χ3v) is 16.7. The van der Waals surface area contributed by atoms with Gasteiger partial charge in [-0.3, -0.25) is 19.2 Å². The van der Waals surface area contributed by atoms with Gasteiger partial charge in [0.2, 0.25) is 23.6 Å². The summed E-state index contributed by atoms with van der Waals surface area (Å²) in [5.41, 5.74) is 2.29. The highest BCUT2D eigenvalue weighted by molar-refractivity contribution is 7.95. The quantitative estimate of drug-likeness (QED) is 0.0307. The van der Waals surface area contributed by atoms with Crippen LogP contribution in [0.4, 0.5) is 0 Å². The maximum absolute atomic E-state index is 14.3. The minimum Gasteiger partial charge on any atom is -0.354 e. The van der Waals surface area contributed by atoms with Gasteiger partial charge in [-0.25, -0.2) is 0 Å². The highest BCUT2D eigenvalue weighted by atomic mass is 31.2. The fourth-order valence-corrected chi connectivity index (χ4v) is 13.0. The summed E-state index contributed by atoms with van der Waals surface area (Å²) in [6.45, 7) is 0.0898. The van der Waals surface area contributed by atoms with Crippen LogP contribution >= 0.6 is 7.26 Å². The summed E-state index contributed by atoms with van der Waals surface area (Å²) in [5.74, 6) is -0.670. The molecule has 0 saturated carbocycles. The maximum atomic E-state index is 14.3. The van der Waals surface area contributed by atoms with Crippen molar-refractivity contribution in [1.29, 1.82) is 0 Å². The molecule has 0 atom stereocenters. The molecule has 0 heterocycles. The van der Waals surface area contributed by atoms with E-state index in [1.165, 1.54) is 15.9 Å². The third-order valence-electron chi connectivity index (χ3n) is 12.2. The maximum Gasteiger partial charge on any atom is 0.220 e. The van der Waals surface area contributed by atoms with Gasteiger partial charge in [-0.05, 0) is 104 Å². The monoisotopic (exact) mass is 901 g/mol. The second-order valence-electron chi connectivity index (χ2n) is 17.2. The normalized spacial score (nSPS) is 11.3. The van der Waals surface area contributed by atoms with E-state index < -0.39 is 12.8 Å². The summed E-state index contributed by atoms with van der Waals surface area (Å²) in [6, 6.07) is 62.4. The first-order valence-corrected chi connectivity index (χ1v) is 25.6. The molecule has 9 heteroatoms. The van der Waals surface area contributed by atoms with Crippen LogP contribution in [0.5, 0.6) is 0 Å². The Morgan fingerprint density at radius 3 is 0.955 bits per heavy atom. The largest absolute Gasteiger partial charge is 0.354 e. The molecule has 66 heavy (non-hydrogen) atoms. The highest BCUT2D eigenvalue weighted by Gasteiger charge is 2.44. The molecule has 0 aliphatic rings. The van der Waals surface area contributed by atoms with Crippen LogP contribution in [0.15, 0.2) is 182 Å². The summed E-state index contributed by atoms with van der Waals surface area (Å²) in [7, 11) is -2.08. The zero-order chi connectivity index (χ0) is 46.1. The van der Waals surface area contributed by atoms with E-state index in [1.54, 1.807) is 0 Å². The molecule has 4 amide bonds. The molecule has 342 valence electrons. The van der Waals surface area contributed by atoms with Gasteiger partial charge < -0.3 is 21.3 Å². The number of carbonyl (C=O) groups is 4. The van der Waals surface area contributed by atoms with Crippen molar-refractivity contribution in [1.82, 2.24) is 21.3 Å². The molecule has 6 rings (SSSR count). The van der Waals surface area contributed by atoms with Crippen LogP contribution in [0.3, 0.4) is 0 Å². The van der Waals surface area contributed by atoms with E-state index in [0.717, 1.165) is 48.5 Å². The van der Waals surface area contributed by atoms with Crippen molar-refractivity contribution >= 4 is 46.8 Å². The predicted molar refractivity (Wildman–Crippen MR) is 272 cm³/mol. The molecule has 0 aliphatic carbocycles. The van der Waals surface area contributed by atoms with Crippen molar-refractivity contribution < 1.29 is 19.2 Å². The van der Waals surface area contributed by atoms with Gasteiger partial charge in [0.25, 0.3) is 0 Å². The molecule has 0 fully saturated rings. The van der Waals surface area contributed by atoms with Gasteiger partial charge in [0.15, 0.2) is 0 Å². The van der Waals surface area contributed by atoms with Crippen LogP contribution < -0.4 is 37.2 Å². The minimum atomic E-state index is -2.08. The number of rotatable bonds is 27. The average molecular weight is 902 g/mol. The number of benzene rings is 6. The number of aryl methyl sites for hydroxylation is 3. The molecule has 8 nitrogen and oxygen atoms in total. The van der Waals surface area contributed by atoms with Crippen LogP contribution in [0, 0.1) is 0 Å². The number of hydrogen-bond acceptors (Lipinski definition) is 4. The van der Waals surface area contributed by atoms with Crippen LogP contribution in [-0.4, -0.2) is 55.0 Å². The summed E-state index contributed by atoms with van der Waals surface area (Å²) in [4.78, 5) is 54.6. The summed E-state index contributed by atoms with van der Waals surface area (Å²) >= 11 is 0. The van der Waals surface area contributed by atoms with Gasteiger partial charge in [0.1, 0.15) is 23.2 Å². The summed E-state index contributed by atoms with van der Waals surface area (Å²) in [5, 5.41) is 16.4. The summed E-state index contributed by atoms with van der Waals surface area (Å²) in [6.07, 6.45) is 7.68. The molecule has 0 unspecified atom stereocenters. The molecular weight excluding hydrogens is 836 g/mol. The van der Waals surface area contributed by atoms with Crippen molar-refractivity contribution in [3.8, 4) is 0 Å². The SMILES string of the molecule is O=C(CCCc1ccccc1)NCC(CNC(=O)CCCc1ccccc1)(CNC(=O)CCCc1ccccc1)NC(=O)CCCC[P+](c1ccccc1)(c1ccccc1)c1ccccc1. The second-order valence-corrected chi connectivity index (χ2v) is 20.8. The van der Waals surface area contributed by atoms with E-state index in [1.807, 2.05) is 54.6 Å². The van der Waals surface area contributed by atoms with E-state index in [4.69, 9.17) is 0 Å². The van der Waals surface area contributed by atoms with E-state index in [-0.39, 0.29) is 49.7 Å². The number of carbonyl (C=O) groups excluding carboxylic acids is 4. The van der Waals surface area contributed by atoms with Crippen molar-refractivity contribution in [2.45, 2.75) is 82.6 Å². The van der Waals surface area contributed by atoms with Gasteiger partial charge in [-0.1, -0.05) is 146 Å². The molecule has 0 saturated heterocycles. The third kappa shape index (κ3) is 15.7. The molecule has 6 aromatic rings. The first-order valence-electron chi connectivity index (χ1n) is 23.6. The van der Waals surface area contributed by atoms with E-state index >= 15 is 0 Å². The molecule has 0 radical (unpaired) electrons. The lowest BCUT2D eigenvalue weighted by Gasteiger charge is -2.36. The van der Waals surface area contributed by atoms with Gasteiger partial charge in [-0.2, -0.15) is 0 Å². The first kappa shape index (κ1) is 49.1. The Hall–Kier alpha value is -6.37. The van der Waals surface area contributed by atoms with E-state index in [9.17, 15) is 19.2 Å².